The molecule has 1 aromatic rings. The molecule has 0 aliphatic carbocycles. The second-order valence-corrected chi connectivity index (χ2v) is 10.1. The van der Waals surface area contributed by atoms with Crippen LogP contribution in [0, 0.1) is 0 Å². The van der Waals surface area contributed by atoms with Crippen molar-refractivity contribution in [3.05, 3.63) is 54.2 Å². The van der Waals surface area contributed by atoms with E-state index in [0.717, 1.165) is 6.42 Å². The first kappa shape index (κ1) is 15.0. The van der Waals surface area contributed by atoms with Crippen LogP contribution in [-0.2, 0) is 0 Å². The van der Waals surface area contributed by atoms with Crippen molar-refractivity contribution in [3.8, 4) is 0 Å². The molecule has 1 rings (SSSR count). The fourth-order valence-corrected chi connectivity index (χ4v) is 5.63. The molecule has 0 bridgehead atoms. The summed E-state index contributed by atoms with van der Waals surface area (Å²) in [5.41, 5.74) is 5.47. The molecule has 0 N–H and O–H groups in total. The number of rotatable bonds is 7. The fraction of sp³-hybridized carbons (Fsp3) is 0.412. The topological polar surface area (TPSA) is 0 Å². The lowest BCUT2D eigenvalue weighted by Gasteiger charge is -2.25. The lowest BCUT2D eigenvalue weighted by Crippen LogP contribution is -2.29. The van der Waals surface area contributed by atoms with Crippen LogP contribution in [0.3, 0.4) is 0 Å². The average Bonchev–Trinajstić information content (AvgIpc) is 2.45. The molecule has 0 amide bonds. The van der Waals surface area contributed by atoms with Gasteiger partial charge in [0.15, 0.2) is 0 Å². The van der Waals surface area contributed by atoms with Crippen molar-refractivity contribution in [2.75, 3.05) is 0 Å². The minimum absolute atomic E-state index is 0.985. The van der Waals surface area contributed by atoms with Gasteiger partial charge >= 0.3 is 0 Å². The fourth-order valence-electron chi connectivity index (χ4n) is 2.49. The van der Waals surface area contributed by atoms with E-state index in [0.29, 0.717) is 0 Å². The molecule has 0 fully saturated rings. The zero-order chi connectivity index (χ0) is 13.4. The molecule has 18 heavy (non-hydrogen) atoms. The summed E-state index contributed by atoms with van der Waals surface area (Å²) in [7, 11) is -1.21. The van der Waals surface area contributed by atoms with Gasteiger partial charge in [-0.2, -0.15) is 0 Å². The van der Waals surface area contributed by atoms with Crippen LogP contribution in [0.4, 0.5) is 0 Å². The SMILES string of the molecule is C=CC/C(=C/[Si](CC)(CC)CC)c1ccccc1. The molecule has 1 aromatic carbocycles. The summed E-state index contributed by atoms with van der Waals surface area (Å²) >= 11 is 0. The smallest absolute Gasteiger partial charge is 0.0774 e. The van der Waals surface area contributed by atoms with Crippen LogP contribution in [0.15, 0.2) is 48.7 Å². The lowest BCUT2D eigenvalue weighted by atomic mass is 10.1. The molecule has 0 aromatic heterocycles. The first-order valence-electron chi connectivity index (χ1n) is 7.09. The predicted molar refractivity (Wildman–Crippen MR) is 86.4 cm³/mol. The van der Waals surface area contributed by atoms with E-state index < -0.39 is 8.07 Å². The van der Waals surface area contributed by atoms with Crippen molar-refractivity contribution < 1.29 is 0 Å². The van der Waals surface area contributed by atoms with Gasteiger partial charge in [0.05, 0.1) is 8.07 Å². The first-order valence-corrected chi connectivity index (χ1v) is 9.79. The van der Waals surface area contributed by atoms with E-state index in [1.165, 1.54) is 29.3 Å². The van der Waals surface area contributed by atoms with E-state index in [9.17, 15) is 0 Å². The van der Waals surface area contributed by atoms with Crippen LogP contribution in [-0.4, -0.2) is 8.07 Å². The highest BCUT2D eigenvalue weighted by atomic mass is 28.3. The third-order valence-electron chi connectivity index (χ3n) is 4.10. The second-order valence-electron chi connectivity index (χ2n) is 4.95. The van der Waals surface area contributed by atoms with Crippen molar-refractivity contribution in [1.29, 1.82) is 0 Å². The van der Waals surface area contributed by atoms with Crippen LogP contribution >= 0.6 is 0 Å². The highest BCUT2D eigenvalue weighted by Gasteiger charge is 2.24. The van der Waals surface area contributed by atoms with Crippen molar-refractivity contribution >= 4 is 13.6 Å². The first-order chi connectivity index (χ1) is 8.71. The van der Waals surface area contributed by atoms with Gasteiger partial charge in [0.1, 0.15) is 0 Å². The Morgan fingerprint density at radius 2 is 1.61 bits per heavy atom. The van der Waals surface area contributed by atoms with E-state index in [-0.39, 0.29) is 0 Å². The maximum absolute atomic E-state index is 3.91. The molecule has 0 atom stereocenters. The summed E-state index contributed by atoms with van der Waals surface area (Å²) in [4.78, 5) is 0. The van der Waals surface area contributed by atoms with Gasteiger partial charge in [-0.15, -0.1) is 6.58 Å². The van der Waals surface area contributed by atoms with E-state index in [4.69, 9.17) is 0 Å². The molecular formula is C17H26Si. The van der Waals surface area contributed by atoms with Gasteiger partial charge in [-0.3, -0.25) is 0 Å². The van der Waals surface area contributed by atoms with Crippen LogP contribution < -0.4 is 0 Å². The molecule has 0 spiro atoms. The molecular weight excluding hydrogens is 232 g/mol. The zero-order valence-corrected chi connectivity index (χ0v) is 13.1. The third kappa shape index (κ3) is 3.71. The number of allylic oxidation sites excluding steroid dienone is 2. The normalized spacial score (nSPS) is 12.5. The molecule has 0 radical (unpaired) electrons. The standard InChI is InChI=1S/C17H26Si/c1-5-12-17(16-13-10-9-11-14-16)15-18(6-2,7-3)8-4/h5,9-11,13-15H,1,6-8,12H2,2-4H3/b17-15-. The summed E-state index contributed by atoms with van der Waals surface area (Å²) in [5, 5.41) is 0. The maximum atomic E-state index is 3.91. The quantitative estimate of drug-likeness (QED) is 0.435. The Bertz CT molecular complexity index is 377. The van der Waals surface area contributed by atoms with Gasteiger partial charge in [0, 0.05) is 0 Å². The van der Waals surface area contributed by atoms with Crippen molar-refractivity contribution in [2.45, 2.75) is 45.3 Å². The Morgan fingerprint density at radius 1 is 1.06 bits per heavy atom. The van der Waals surface area contributed by atoms with Gasteiger partial charge in [-0.1, -0.05) is 81.0 Å². The van der Waals surface area contributed by atoms with Crippen molar-refractivity contribution in [3.63, 3.8) is 0 Å². The monoisotopic (exact) mass is 258 g/mol. The highest BCUT2D eigenvalue weighted by molar-refractivity contribution is 6.85. The Kier molecular flexibility index (Phi) is 6.13. The number of hydrogen-bond donors (Lipinski definition) is 0. The van der Waals surface area contributed by atoms with E-state index in [1.807, 2.05) is 6.08 Å². The Balaban J connectivity index is 3.15. The molecule has 0 nitrogen and oxygen atoms in total. The third-order valence-corrected chi connectivity index (χ3v) is 9.29. The predicted octanol–water partition coefficient (Wildman–Crippen LogP) is 5.69. The van der Waals surface area contributed by atoms with E-state index >= 15 is 0 Å². The van der Waals surface area contributed by atoms with Gasteiger partial charge in [0.25, 0.3) is 0 Å². The van der Waals surface area contributed by atoms with Gasteiger partial charge in [-0.25, -0.2) is 0 Å². The summed E-state index contributed by atoms with van der Waals surface area (Å²) in [6.45, 7) is 11.0. The molecule has 0 saturated heterocycles. The lowest BCUT2D eigenvalue weighted by molar-refractivity contribution is 1.19. The van der Waals surface area contributed by atoms with Gasteiger partial charge in [0.2, 0.25) is 0 Å². The Hall–Kier alpha value is -1.08. The Morgan fingerprint density at radius 3 is 2.06 bits per heavy atom. The number of hydrogen-bond acceptors (Lipinski definition) is 0. The average molecular weight is 258 g/mol. The molecule has 0 unspecified atom stereocenters. The van der Waals surface area contributed by atoms with Gasteiger partial charge < -0.3 is 0 Å². The summed E-state index contributed by atoms with van der Waals surface area (Å²) in [6, 6.07) is 14.8. The maximum Gasteiger partial charge on any atom is 0.0774 e. The minimum atomic E-state index is -1.21. The Labute approximate surface area is 113 Å². The molecule has 1 heteroatoms. The summed E-state index contributed by atoms with van der Waals surface area (Å²) in [5.74, 6) is 0. The number of benzene rings is 1. The highest BCUT2D eigenvalue weighted by Crippen LogP contribution is 2.28. The minimum Gasteiger partial charge on any atom is -0.103 e. The molecule has 0 aliphatic heterocycles. The second kappa shape index (κ2) is 7.37. The van der Waals surface area contributed by atoms with Crippen LogP contribution in [0.25, 0.3) is 5.57 Å². The van der Waals surface area contributed by atoms with Gasteiger partial charge in [-0.05, 0) is 17.6 Å². The summed E-state index contributed by atoms with van der Waals surface area (Å²) < 4.78 is 0. The molecule has 98 valence electrons. The van der Waals surface area contributed by atoms with Crippen molar-refractivity contribution in [1.82, 2.24) is 0 Å². The zero-order valence-electron chi connectivity index (χ0n) is 12.1. The summed E-state index contributed by atoms with van der Waals surface area (Å²) in [6.07, 6.45) is 3.01. The largest absolute Gasteiger partial charge is 0.103 e. The van der Waals surface area contributed by atoms with Crippen LogP contribution in [0.5, 0.6) is 0 Å². The molecule has 0 saturated carbocycles. The molecule has 0 aliphatic rings. The van der Waals surface area contributed by atoms with Crippen molar-refractivity contribution in [2.24, 2.45) is 0 Å². The van der Waals surface area contributed by atoms with Crippen LogP contribution in [0.1, 0.15) is 32.8 Å². The van der Waals surface area contributed by atoms with E-state index in [1.54, 1.807) is 0 Å². The van der Waals surface area contributed by atoms with Crippen LogP contribution in [0.2, 0.25) is 18.1 Å². The van der Waals surface area contributed by atoms with E-state index in [2.05, 4.69) is 63.4 Å². The molecule has 0 heterocycles.